The van der Waals surface area contributed by atoms with Crippen LogP contribution in [0.15, 0.2) is 16.6 Å². The Hall–Kier alpha value is -1.29. The second-order valence-electron chi connectivity index (χ2n) is 4.61. The molecule has 0 aliphatic carbocycles. The van der Waals surface area contributed by atoms with Gasteiger partial charge in [-0.3, -0.25) is 4.68 Å². The summed E-state index contributed by atoms with van der Waals surface area (Å²) in [6.07, 6.45) is 1.54. The number of thiophene rings is 1. The molecule has 9 heteroatoms. The van der Waals surface area contributed by atoms with Crippen LogP contribution in [0.4, 0.5) is 0 Å². The largest absolute Gasteiger partial charge is 0.312 e. The zero-order valence-corrected chi connectivity index (χ0v) is 13.9. The van der Waals surface area contributed by atoms with Gasteiger partial charge in [-0.2, -0.15) is 5.10 Å². The van der Waals surface area contributed by atoms with Crippen LogP contribution in [-0.2, 0) is 30.2 Å². The predicted octanol–water partition coefficient (Wildman–Crippen LogP) is 0.773. The fourth-order valence-electron chi connectivity index (χ4n) is 1.91. The van der Waals surface area contributed by atoms with Gasteiger partial charge < -0.3 is 5.32 Å². The normalized spacial score (nSPS) is 12.0. The van der Waals surface area contributed by atoms with E-state index in [4.69, 9.17) is 0 Å². The lowest BCUT2D eigenvalue weighted by Gasteiger charge is -2.08. The van der Waals surface area contributed by atoms with Crippen LogP contribution < -0.4 is 10.0 Å². The molecular weight excluding hydrogens is 310 g/mol. The number of aromatic nitrogens is 3. The summed E-state index contributed by atoms with van der Waals surface area (Å²) in [5.74, 6) is 0.446. The van der Waals surface area contributed by atoms with Crippen LogP contribution >= 0.6 is 11.3 Å². The summed E-state index contributed by atoms with van der Waals surface area (Å²) in [7, 11) is -1.83. The maximum absolute atomic E-state index is 12.5. The summed E-state index contributed by atoms with van der Waals surface area (Å²) >= 11 is 1.45. The third-order valence-corrected chi connectivity index (χ3v) is 5.72. The first-order chi connectivity index (χ1) is 9.94. The lowest BCUT2D eigenvalue weighted by molar-refractivity contribution is 0.576. The summed E-state index contributed by atoms with van der Waals surface area (Å²) in [5.41, 5.74) is 0.759. The van der Waals surface area contributed by atoms with Crippen molar-refractivity contribution in [3.05, 3.63) is 28.0 Å². The van der Waals surface area contributed by atoms with Crippen molar-refractivity contribution in [2.24, 2.45) is 7.05 Å². The van der Waals surface area contributed by atoms with E-state index in [-0.39, 0.29) is 6.54 Å². The van der Waals surface area contributed by atoms with Gasteiger partial charge in [0, 0.05) is 18.5 Å². The Bertz CT molecular complexity index is 705. The van der Waals surface area contributed by atoms with Gasteiger partial charge in [-0.15, -0.1) is 11.3 Å². The van der Waals surface area contributed by atoms with E-state index in [1.54, 1.807) is 14.0 Å². The summed E-state index contributed by atoms with van der Waals surface area (Å²) in [6.45, 7) is 5.22. The standard InChI is InChI=1S/C12H19N5O2S2/c1-4-13-5-10-12(9(2)7-20-10)21(18,19)15-6-11-14-8-17(3)16-11/h7-8,13,15H,4-6H2,1-3H3. The molecule has 0 aromatic carbocycles. The summed E-state index contributed by atoms with van der Waals surface area (Å²) in [6, 6.07) is 0. The van der Waals surface area contributed by atoms with Crippen LogP contribution in [0.25, 0.3) is 0 Å². The lowest BCUT2D eigenvalue weighted by Crippen LogP contribution is -2.26. The van der Waals surface area contributed by atoms with Gasteiger partial charge in [0.25, 0.3) is 0 Å². The second kappa shape index (κ2) is 6.65. The molecule has 2 rings (SSSR count). The molecule has 7 nitrogen and oxygen atoms in total. The monoisotopic (exact) mass is 329 g/mol. The van der Waals surface area contributed by atoms with Gasteiger partial charge in [-0.25, -0.2) is 18.1 Å². The molecule has 0 aliphatic heterocycles. The third kappa shape index (κ3) is 3.88. The molecule has 0 amide bonds. The SMILES string of the molecule is CCNCc1scc(C)c1S(=O)(=O)NCc1ncn(C)n1. The first-order valence-electron chi connectivity index (χ1n) is 6.56. The van der Waals surface area contributed by atoms with Gasteiger partial charge in [0.1, 0.15) is 11.2 Å². The summed E-state index contributed by atoms with van der Waals surface area (Å²) in [5, 5.41) is 9.08. The van der Waals surface area contributed by atoms with Crippen molar-refractivity contribution in [1.29, 1.82) is 0 Å². The molecule has 2 aromatic heterocycles. The maximum Gasteiger partial charge on any atom is 0.242 e. The van der Waals surface area contributed by atoms with Crippen molar-refractivity contribution in [2.45, 2.75) is 31.8 Å². The molecule has 21 heavy (non-hydrogen) atoms. The number of nitrogens with one attached hydrogen (secondary N) is 2. The fraction of sp³-hybridized carbons (Fsp3) is 0.500. The fourth-order valence-corrected chi connectivity index (χ4v) is 4.66. The van der Waals surface area contributed by atoms with Gasteiger partial charge in [-0.1, -0.05) is 6.92 Å². The molecule has 0 unspecified atom stereocenters. The second-order valence-corrected chi connectivity index (χ2v) is 7.28. The highest BCUT2D eigenvalue weighted by Crippen LogP contribution is 2.26. The van der Waals surface area contributed by atoms with Crippen LogP contribution in [0.1, 0.15) is 23.2 Å². The minimum absolute atomic E-state index is 0.0824. The summed E-state index contributed by atoms with van der Waals surface area (Å²) in [4.78, 5) is 5.19. The number of nitrogens with zero attached hydrogens (tertiary/aromatic N) is 3. The minimum Gasteiger partial charge on any atom is -0.312 e. The average molecular weight is 329 g/mol. The third-order valence-electron chi connectivity index (χ3n) is 2.86. The van der Waals surface area contributed by atoms with Crippen molar-refractivity contribution in [3.63, 3.8) is 0 Å². The van der Waals surface area contributed by atoms with Gasteiger partial charge in [0.15, 0.2) is 5.82 Å². The Morgan fingerprint density at radius 2 is 2.14 bits per heavy atom. The van der Waals surface area contributed by atoms with E-state index in [2.05, 4.69) is 20.1 Å². The molecular formula is C12H19N5O2S2. The van der Waals surface area contributed by atoms with Crippen LogP contribution in [0, 0.1) is 6.92 Å². The molecule has 0 bridgehead atoms. The van der Waals surface area contributed by atoms with E-state index in [1.807, 2.05) is 12.3 Å². The van der Waals surface area contributed by atoms with Crippen molar-refractivity contribution in [2.75, 3.05) is 6.54 Å². The van der Waals surface area contributed by atoms with Crippen LogP contribution in [-0.4, -0.2) is 29.7 Å². The smallest absolute Gasteiger partial charge is 0.242 e. The average Bonchev–Trinajstić information content (AvgIpc) is 3.00. The molecule has 2 N–H and O–H groups in total. The van der Waals surface area contributed by atoms with E-state index in [1.165, 1.54) is 22.3 Å². The quantitative estimate of drug-likeness (QED) is 0.783. The first-order valence-corrected chi connectivity index (χ1v) is 8.92. The number of rotatable bonds is 7. The predicted molar refractivity (Wildman–Crippen MR) is 81.5 cm³/mol. The van der Waals surface area contributed by atoms with Crippen LogP contribution in [0.3, 0.4) is 0 Å². The topological polar surface area (TPSA) is 88.9 Å². The van der Waals surface area contributed by atoms with Gasteiger partial charge in [0.2, 0.25) is 10.0 Å². The van der Waals surface area contributed by atoms with E-state index in [0.29, 0.717) is 17.3 Å². The Labute approximate surface area is 128 Å². The van der Waals surface area contributed by atoms with E-state index < -0.39 is 10.0 Å². The molecule has 2 heterocycles. The highest BCUT2D eigenvalue weighted by atomic mass is 32.2. The molecule has 0 radical (unpaired) electrons. The highest BCUT2D eigenvalue weighted by molar-refractivity contribution is 7.89. The zero-order valence-electron chi connectivity index (χ0n) is 12.3. The molecule has 116 valence electrons. The number of aryl methyl sites for hydroxylation is 2. The van der Waals surface area contributed by atoms with Gasteiger partial charge in [-0.05, 0) is 24.4 Å². The van der Waals surface area contributed by atoms with Crippen molar-refractivity contribution < 1.29 is 8.42 Å². The van der Waals surface area contributed by atoms with E-state index in [0.717, 1.165) is 17.0 Å². The minimum atomic E-state index is -3.57. The Morgan fingerprint density at radius 3 is 2.76 bits per heavy atom. The molecule has 0 atom stereocenters. The highest BCUT2D eigenvalue weighted by Gasteiger charge is 2.23. The molecule has 0 aliphatic rings. The number of sulfonamides is 1. The molecule has 2 aromatic rings. The van der Waals surface area contributed by atoms with Crippen molar-refractivity contribution >= 4 is 21.4 Å². The van der Waals surface area contributed by atoms with Crippen molar-refractivity contribution in [1.82, 2.24) is 24.8 Å². The molecule has 0 saturated heterocycles. The van der Waals surface area contributed by atoms with E-state index in [9.17, 15) is 8.42 Å². The first kappa shape index (κ1) is 16.1. The number of hydrogen-bond acceptors (Lipinski definition) is 6. The van der Waals surface area contributed by atoms with Crippen molar-refractivity contribution in [3.8, 4) is 0 Å². The molecule has 0 saturated carbocycles. The Kier molecular flexibility index (Phi) is 5.09. The van der Waals surface area contributed by atoms with Crippen LogP contribution in [0.2, 0.25) is 0 Å². The molecule has 0 fully saturated rings. The Morgan fingerprint density at radius 1 is 1.38 bits per heavy atom. The molecule has 0 spiro atoms. The lowest BCUT2D eigenvalue weighted by atomic mass is 10.3. The summed E-state index contributed by atoms with van der Waals surface area (Å²) < 4.78 is 29.1. The van der Waals surface area contributed by atoms with Crippen LogP contribution in [0.5, 0.6) is 0 Å². The van der Waals surface area contributed by atoms with Gasteiger partial charge >= 0.3 is 0 Å². The Balaban J connectivity index is 2.17. The zero-order chi connectivity index (χ0) is 15.5. The number of hydrogen-bond donors (Lipinski definition) is 2. The van der Waals surface area contributed by atoms with E-state index >= 15 is 0 Å². The van der Waals surface area contributed by atoms with Gasteiger partial charge in [0.05, 0.1) is 6.54 Å². The maximum atomic E-state index is 12.5.